The van der Waals surface area contributed by atoms with E-state index in [4.69, 9.17) is 0 Å². The number of hydrogen-bond donors (Lipinski definition) is 0. The lowest BCUT2D eigenvalue weighted by molar-refractivity contribution is -0.137. The number of rotatable bonds is 4. The molecule has 1 aromatic carbocycles. The first-order valence-electron chi connectivity index (χ1n) is 10.2. The lowest BCUT2D eigenvalue weighted by Crippen LogP contribution is -2.46. The average Bonchev–Trinajstić information content (AvgIpc) is 3.00. The van der Waals surface area contributed by atoms with Crippen LogP contribution in [0.2, 0.25) is 0 Å². The van der Waals surface area contributed by atoms with Crippen LogP contribution < -0.4 is 4.90 Å². The van der Waals surface area contributed by atoms with Crippen molar-refractivity contribution < 1.29 is 13.2 Å². The van der Waals surface area contributed by atoms with Crippen molar-refractivity contribution in [2.45, 2.75) is 26.6 Å². The molecule has 0 bridgehead atoms. The molecule has 10 heteroatoms. The lowest BCUT2D eigenvalue weighted by atomic mass is 10.1. The minimum atomic E-state index is -4.36. The lowest BCUT2D eigenvalue weighted by Gasteiger charge is -2.36. The number of nitrogens with zero attached hydrogens (tertiary/aromatic N) is 6. The molecule has 0 aliphatic carbocycles. The van der Waals surface area contributed by atoms with Gasteiger partial charge in [0.2, 0.25) is 0 Å². The maximum atomic E-state index is 12.9. The van der Waals surface area contributed by atoms with E-state index in [-0.39, 0.29) is 12.4 Å². The minimum absolute atomic E-state index is 0. The predicted octanol–water partition coefficient (Wildman–Crippen LogP) is 4.26. The molecule has 0 amide bonds. The Morgan fingerprint density at radius 1 is 0.938 bits per heavy atom. The van der Waals surface area contributed by atoms with Crippen molar-refractivity contribution in [3.05, 3.63) is 59.2 Å². The molecular formula is C22H26ClF3N6. The predicted molar refractivity (Wildman–Crippen MR) is 120 cm³/mol. The summed E-state index contributed by atoms with van der Waals surface area (Å²) in [5.74, 6) is 0.704. The summed E-state index contributed by atoms with van der Waals surface area (Å²) in [5, 5.41) is 4.50. The molecule has 0 radical (unpaired) electrons. The van der Waals surface area contributed by atoms with Gasteiger partial charge in [-0.2, -0.15) is 18.3 Å². The first kappa shape index (κ1) is 24.0. The SMILES string of the molecule is Cc1nn(C)c(C)c1CN1CCN(c2nccnc2-c2ccc(C(F)(F)F)cc2)CC1.Cl. The molecule has 0 atom stereocenters. The number of piperazine rings is 1. The second-order valence-electron chi connectivity index (χ2n) is 7.84. The molecule has 172 valence electrons. The summed E-state index contributed by atoms with van der Waals surface area (Å²) in [6, 6.07) is 5.09. The van der Waals surface area contributed by atoms with E-state index in [1.165, 1.54) is 23.4 Å². The van der Waals surface area contributed by atoms with Crippen molar-refractivity contribution in [1.29, 1.82) is 0 Å². The molecule has 3 aromatic rings. The number of aryl methyl sites for hydroxylation is 2. The fraction of sp³-hybridized carbons (Fsp3) is 0.409. The average molecular weight is 467 g/mol. The zero-order valence-corrected chi connectivity index (χ0v) is 19.0. The first-order chi connectivity index (χ1) is 14.7. The molecule has 4 rings (SSSR count). The quantitative estimate of drug-likeness (QED) is 0.575. The minimum Gasteiger partial charge on any atom is -0.352 e. The van der Waals surface area contributed by atoms with E-state index in [0.717, 1.165) is 50.6 Å². The molecule has 1 aliphatic rings. The van der Waals surface area contributed by atoms with Crippen LogP contribution in [0.5, 0.6) is 0 Å². The molecule has 32 heavy (non-hydrogen) atoms. The fourth-order valence-corrected chi connectivity index (χ4v) is 3.97. The molecular weight excluding hydrogens is 441 g/mol. The highest BCUT2D eigenvalue weighted by Gasteiger charge is 2.30. The van der Waals surface area contributed by atoms with Crippen LogP contribution in [-0.4, -0.2) is 50.8 Å². The molecule has 2 aromatic heterocycles. The molecule has 0 spiro atoms. The van der Waals surface area contributed by atoms with Gasteiger partial charge in [0.15, 0.2) is 5.82 Å². The smallest absolute Gasteiger partial charge is 0.352 e. The number of alkyl halides is 3. The number of hydrogen-bond acceptors (Lipinski definition) is 5. The van der Waals surface area contributed by atoms with Gasteiger partial charge >= 0.3 is 6.18 Å². The number of benzene rings is 1. The van der Waals surface area contributed by atoms with E-state index in [1.54, 1.807) is 12.4 Å². The Labute approximate surface area is 191 Å². The highest BCUT2D eigenvalue weighted by molar-refractivity contribution is 5.85. The Morgan fingerprint density at radius 3 is 2.12 bits per heavy atom. The maximum Gasteiger partial charge on any atom is 0.416 e. The van der Waals surface area contributed by atoms with E-state index >= 15 is 0 Å². The zero-order chi connectivity index (χ0) is 22.2. The van der Waals surface area contributed by atoms with Crippen molar-refractivity contribution in [2.24, 2.45) is 7.05 Å². The van der Waals surface area contributed by atoms with Crippen LogP contribution in [0.4, 0.5) is 19.0 Å². The van der Waals surface area contributed by atoms with Crippen LogP contribution in [0.15, 0.2) is 36.7 Å². The Bertz CT molecular complexity index is 1060. The highest BCUT2D eigenvalue weighted by Crippen LogP contribution is 2.33. The number of halogens is 4. The third-order valence-corrected chi connectivity index (χ3v) is 5.88. The van der Waals surface area contributed by atoms with E-state index in [2.05, 4.69) is 31.8 Å². The molecule has 0 saturated carbocycles. The topological polar surface area (TPSA) is 50.1 Å². The summed E-state index contributed by atoms with van der Waals surface area (Å²) in [4.78, 5) is 13.5. The maximum absolute atomic E-state index is 12.9. The molecule has 3 heterocycles. The third-order valence-electron chi connectivity index (χ3n) is 5.88. The second kappa shape index (κ2) is 9.46. The van der Waals surface area contributed by atoms with Crippen molar-refractivity contribution in [3.63, 3.8) is 0 Å². The third kappa shape index (κ3) is 4.88. The Balaban J connectivity index is 0.00000289. The molecule has 1 saturated heterocycles. The van der Waals surface area contributed by atoms with Crippen LogP contribution in [0.1, 0.15) is 22.5 Å². The van der Waals surface area contributed by atoms with Crippen molar-refractivity contribution in [1.82, 2.24) is 24.6 Å². The molecule has 0 N–H and O–H groups in total. The first-order valence-corrected chi connectivity index (χ1v) is 10.2. The van der Waals surface area contributed by atoms with Gasteiger partial charge in [0.25, 0.3) is 0 Å². The summed E-state index contributed by atoms with van der Waals surface area (Å²) < 4.78 is 40.6. The Hall–Kier alpha value is -2.65. The van der Waals surface area contributed by atoms with E-state index in [0.29, 0.717) is 17.1 Å². The van der Waals surface area contributed by atoms with Gasteiger partial charge in [-0.15, -0.1) is 12.4 Å². The standard InChI is InChI=1S/C22H25F3N6.ClH/c1-15-19(16(2)29(3)28-15)14-30-10-12-31(13-11-30)21-20(26-8-9-27-21)17-4-6-18(7-5-17)22(23,24)25;/h4-9H,10-14H2,1-3H3;1H. The second-order valence-corrected chi connectivity index (χ2v) is 7.84. The summed E-state index contributed by atoms with van der Waals surface area (Å²) in [6.45, 7) is 8.23. The van der Waals surface area contributed by atoms with Gasteiger partial charge in [0.05, 0.1) is 11.3 Å². The molecule has 6 nitrogen and oxygen atoms in total. The Kier molecular flexibility index (Phi) is 7.09. The van der Waals surface area contributed by atoms with E-state index < -0.39 is 11.7 Å². The summed E-state index contributed by atoms with van der Waals surface area (Å²) in [6.07, 6.45) is -1.16. The molecule has 1 fully saturated rings. The van der Waals surface area contributed by atoms with Gasteiger partial charge in [-0.25, -0.2) is 4.98 Å². The summed E-state index contributed by atoms with van der Waals surface area (Å²) in [7, 11) is 1.96. The van der Waals surface area contributed by atoms with E-state index in [9.17, 15) is 13.2 Å². The van der Waals surface area contributed by atoms with E-state index in [1.807, 2.05) is 18.7 Å². The summed E-state index contributed by atoms with van der Waals surface area (Å²) in [5.41, 5.74) is 4.06. The van der Waals surface area contributed by atoms with Crippen LogP contribution in [0, 0.1) is 13.8 Å². The zero-order valence-electron chi connectivity index (χ0n) is 18.2. The fourth-order valence-electron chi connectivity index (χ4n) is 3.97. The van der Waals surface area contributed by atoms with Crippen molar-refractivity contribution >= 4 is 18.2 Å². The Morgan fingerprint density at radius 2 is 1.56 bits per heavy atom. The number of aromatic nitrogens is 4. The summed E-state index contributed by atoms with van der Waals surface area (Å²) >= 11 is 0. The van der Waals surface area contributed by atoms with Crippen LogP contribution in [0.3, 0.4) is 0 Å². The van der Waals surface area contributed by atoms with Crippen molar-refractivity contribution in [2.75, 3.05) is 31.1 Å². The van der Waals surface area contributed by atoms with Gasteiger partial charge in [-0.05, 0) is 26.0 Å². The van der Waals surface area contributed by atoms with Crippen molar-refractivity contribution in [3.8, 4) is 11.3 Å². The normalized spacial score (nSPS) is 15.0. The molecule has 1 aliphatic heterocycles. The van der Waals surface area contributed by atoms with Gasteiger partial charge in [0, 0.05) is 69.0 Å². The van der Waals surface area contributed by atoms with Crippen LogP contribution in [0.25, 0.3) is 11.3 Å². The van der Waals surface area contributed by atoms with Gasteiger partial charge in [-0.3, -0.25) is 14.6 Å². The molecule has 0 unspecified atom stereocenters. The largest absolute Gasteiger partial charge is 0.416 e. The highest BCUT2D eigenvalue weighted by atomic mass is 35.5. The monoisotopic (exact) mass is 466 g/mol. The van der Waals surface area contributed by atoms with Gasteiger partial charge in [-0.1, -0.05) is 12.1 Å². The van der Waals surface area contributed by atoms with Gasteiger partial charge < -0.3 is 4.90 Å². The van der Waals surface area contributed by atoms with Gasteiger partial charge in [0.1, 0.15) is 5.69 Å². The van der Waals surface area contributed by atoms with Crippen LogP contribution in [-0.2, 0) is 19.8 Å². The number of anilines is 1. The van der Waals surface area contributed by atoms with Crippen LogP contribution >= 0.6 is 12.4 Å².